The monoisotopic (exact) mass is 390 g/mol. The molecule has 6 nitrogen and oxygen atoms in total. The van der Waals surface area contributed by atoms with E-state index in [1.54, 1.807) is 19.1 Å². The minimum Gasteiger partial charge on any atom is -0.490 e. The summed E-state index contributed by atoms with van der Waals surface area (Å²) in [6.45, 7) is 6.38. The van der Waals surface area contributed by atoms with E-state index in [2.05, 4.69) is 11.9 Å². The summed E-state index contributed by atoms with van der Waals surface area (Å²) in [5.41, 5.74) is 2.52. The van der Waals surface area contributed by atoms with Crippen molar-refractivity contribution in [2.24, 2.45) is 0 Å². The van der Waals surface area contributed by atoms with Gasteiger partial charge in [-0.3, -0.25) is 10.1 Å². The van der Waals surface area contributed by atoms with E-state index in [0.29, 0.717) is 24.5 Å². The van der Waals surface area contributed by atoms with Crippen LogP contribution in [0.5, 0.6) is 17.2 Å². The van der Waals surface area contributed by atoms with Gasteiger partial charge in [0.25, 0.3) is 5.69 Å². The Balaban J connectivity index is 1.58. The zero-order valence-electron chi connectivity index (χ0n) is 16.1. The average Bonchev–Trinajstić information content (AvgIpc) is 2.73. The molecule has 6 heteroatoms. The van der Waals surface area contributed by atoms with Crippen molar-refractivity contribution < 1.29 is 14.4 Å². The summed E-state index contributed by atoms with van der Waals surface area (Å²) in [5.74, 6) is 2.20. The second-order valence-electron chi connectivity index (χ2n) is 6.38. The molecule has 0 aromatic heterocycles. The van der Waals surface area contributed by atoms with Crippen LogP contribution in [0.3, 0.4) is 0 Å². The molecule has 0 unspecified atom stereocenters. The van der Waals surface area contributed by atoms with Gasteiger partial charge in [0.05, 0.1) is 4.92 Å². The first-order valence-electron chi connectivity index (χ1n) is 9.15. The zero-order valence-corrected chi connectivity index (χ0v) is 16.1. The molecule has 3 aromatic rings. The Kier molecular flexibility index (Phi) is 6.47. The summed E-state index contributed by atoms with van der Waals surface area (Å²) in [4.78, 5) is 10.7. The normalized spacial score (nSPS) is 10.2. The smallest absolute Gasteiger partial charge is 0.274 e. The Morgan fingerprint density at radius 1 is 1.00 bits per heavy atom. The van der Waals surface area contributed by atoms with Crippen molar-refractivity contribution in [3.05, 3.63) is 101 Å². The lowest BCUT2D eigenvalue weighted by molar-refractivity contribution is -0.385. The molecule has 0 saturated carbocycles. The standard InChI is InChI=1S/C23H22N2O4/c1-3-15-28-19-11-13-21(14-12-19)29-20-9-7-18(8-10-20)16-24-22-5-4-6-23(17(22)2)25(26)27/h3-14,24H,1,15-16H2,2H3. The van der Waals surface area contributed by atoms with E-state index < -0.39 is 0 Å². The summed E-state index contributed by atoms with van der Waals surface area (Å²) in [6.07, 6.45) is 1.70. The topological polar surface area (TPSA) is 73.6 Å². The lowest BCUT2D eigenvalue weighted by Gasteiger charge is -2.11. The molecule has 148 valence electrons. The highest BCUT2D eigenvalue weighted by Gasteiger charge is 2.12. The Morgan fingerprint density at radius 2 is 1.62 bits per heavy atom. The summed E-state index contributed by atoms with van der Waals surface area (Å²) < 4.78 is 11.3. The van der Waals surface area contributed by atoms with Gasteiger partial charge >= 0.3 is 0 Å². The van der Waals surface area contributed by atoms with Gasteiger partial charge in [0.15, 0.2) is 0 Å². The molecule has 0 heterocycles. The summed E-state index contributed by atoms with van der Waals surface area (Å²) >= 11 is 0. The summed E-state index contributed by atoms with van der Waals surface area (Å²) in [7, 11) is 0. The van der Waals surface area contributed by atoms with Gasteiger partial charge in [-0.1, -0.05) is 30.9 Å². The Hall–Kier alpha value is -3.80. The Morgan fingerprint density at radius 3 is 2.24 bits per heavy atom. The fourth-order valence-corrected chi connectivity index (χ4v) is 2.78. The number of hydrogen-bond donors (Lipinski definition) is 1. The molecule has 0 aliphatic heterocycles. The lowest BCUT2D eigenvalue weighted by atomic mass is 10.1. The van der Waals surface area contributed by atoms with Crippen LogP contribution in [0.25, 0.3) is 0 Å². The van der Waals surface area contributed by atoms with E-state index in [1.165, 1.54) is 6.07 Å². The minimum atomic E-state index is -0.370. The fraction of sp³-hybridized carbons (Fsp3) is 0.130. The first kappa shape index (κ1) is 19.9. The van der Waals surface area contributed by atoms with Crippen LogP contribution in [0, 0.1) is 17.0 Å². The molecule has 0 saturated heterocycles. The molecular formula is C23H22N2O4. The van der Waals surface area contributed by atoms with Crippen molar-refractivity contribution >= 4 is 11.4 Å². The zero-order chi connectivity index (χ0) is 20.6. The van der Waals surface area contributed by atoms with Crippen molar-refractivity contribution in [2.75, 3.05) is 11.9 Å². The van der Waals surface area contributed by atoms with Crippen molar-refractivity contribution in [2.45, 2.75) is 13.5 Å². The number of nitrogens with zero attached hydrogens (tertiary/aromatic N) is 1. The van der Waals surface area contributed by atoms with Crippen LogP contribution in [0.2, 0.25) is 0 Å². The summed E-state index contributed by atoms with van der Waals surface area (Å²) in [6, 6.07) is 20.1. The molecule has 0 amide bonds. The predicted octanol–water partition coefficient (Wildman–Crippen LogP) is 5.87. The fourth-order valence-electron chi connectivity index (χ4n) is 2.78. The van der Waals surface area contributed by atoms with Crippen LogP contribution in [-0.2, 0) is 6.54 Å². The molecule has 0 aliphatic rings. The maximum absolute atomic E-state index is 11.1. The van der Waals surface area contributed by atoms with Crippen LogP contribution in [0.1, 0.15) is 11.1 Å². The molecule has 0 spiro atoms. The number of nitro benzene ring substituents is 1. The van der Waals surface area contributed by atoms with Gasteiger partial charge in [0, 0.05) is 23.9 Å². The van der Waals surface area contributed by atoms with Gasteiger partial charge in [0.2, 0.25) is 0 Å². The third-order valence-electron chi connectivity index (χ3n) is 4.34. The molecule has 0 aliphatic carbocycles. The third-order valence-corrected chi connectivity index (χ3v) is 4.34. The van der Waals surface area contributed by atoms with Gasteiger partial charge in [-0.05, 0) is 55.0 Å². The first-order valence-corrected chi connectivity index (χ1v) is 9.15. The van der Waals surface area contributed by atoms with E-state index in [-0.39, 0.29) is 10.6 Å². The average molecular weight is 390 g/mol. The van der Waals surface area contributed by atoms with E-state index in [4.69, 9.17) is 9.47 Å². The van der Waals surface area contributed by atoms with Crippen molar-refractivity contribution in [3.63, 3.8) is 0 Å². The third kappa shape index (κ3) is 5.35. The Bertz CT molecular complexity index is 983. The van der Waals surface area contributed by atoms with Gasteiger partial charge in [-0.15, -0.1) is 0 Å². The van der Waals surface area contributed by atoms with Gasteiger partial charge < -0.3 is 14.8 Å². The molecule has 0 bridgehead atoms. The highest BCUT2D eigenvalue weighted by atomic mass is 16.6. The quantitative estimate of drug-likeness (QED) is 0.281. The summed E-state index contributed by atoms with van der Waals surface area (Å²) in [5, 5.41) is 14.3. The predicted molar refractivity (Wildman–Crippen MR) is 114 cm³/mol. The van der Waals surface area contributed by atoms with E-state index in [9.17, 15) is 10.1 Å². The minimum absolute atomic E-state index is 0.111. The lowest BCUT2D eigenvalue weighted by Crippen LogP contribution is -2.02. The molecule has 29 heavy (non-hydrogen) atoms. The van der Waals surface area contributed by atoms with E-state index in [0.717, 1.165) is 22.7 Å². The number of nitrogens with one attached hydrogen (secondary N) is 1. The maximum Gasteiger partial charge on any atom is 0.274 e. The number of hydrogen-bond acceptors (Lipinski definition) is 5. The second kappa shape index (κ2) is 9.41. The number of benzene rings is 3. The highest BCUT2D eigenvalue weighted by molar-refractivity contribution is 5.59. The molecule has 3 rings (SSSR count). The molecule has 0 fully saturated rings. The Labute approximate surface area is 169 Å². The molecular weight excluding hydrogens is 368 g/mol. The molecule has 0 atom stereocenters. The van der Waals surface area contributed by atoms with Gasteiger partial charge in [-0.25, -0.2) is 0 Å². The van der Waals surface area contributed by atoms with Crippen LogP contribution in [0.15, 0.2) is 79.4 Å². The van der Waals surface area contributed by atoms with Crippen molar-refractivity contribution in [1.82, 2.24) is 0 Å². The van der Waals surface area contributed by atoms with E-state index in [1.807, 2.05) is 54.6 Å². The first-order chi connectivity index (χ1) is 14.1. The van der Waals surface area contributed by atoms with E-state index >= 15 is 0 Å². The number of rotatable bonds is 9. The number of anilines is 1. The van der Waals surface area contributed by atoms with Crippen LogP contribution >= 0.6 is 0 Å². The van der Waals surface area contributed by atoms with Crippen molar-refractivity contribution in [1.29, 1.82) is 0 Å². The number of nitro groups is 1. The molecule has 3 aromatic carbocycles. The largest absolute Gasteiger partial charge is 0.490 e. The second-order valence-corrected chi connectivity index (χ2v) is 6.38. The van der Waals surface area contributed by atoms with Crippen LogP contribution in [-0.4, -0.2) is 11.5 Å². The van der Waals surface area contributed by atoms with Gasteiger partial charge in [-0.2, -0.15) is 0 Å². The van der Waals surface area contributed by atoms with Crippen molar-refractivity contribution in [3.8, 4) is 17.2 Å². The van der Waals surface area contributed by atoms with Crippen LogP contribution in [0.4, 0.5) is 11.4 Å². The molecule has 0 radical (unpaired) electrons. The molecule has 1 N–H and O–H groups in total. The van der Waals surface area contributed by atoms with Gasteiger partial charge in [0.1, 0.15) is 23.9 Å². The van der Waals surface area contributed by atoms with Crippen LogP contribution < -0.4 is 14.8 Å². The highest BCUT2D eigenvalue weighted by Crippen LogP contribution is 2.27. The number of ether oxygens (including phenoxy) is 2. The SMILES string of the molecule is C=CCOc1ccc(Oc2ccc(CNc3cccc([N+](=O)[O-])c3C)cc2)cc1. The maximum atomic E-state index is 11.1.